The summed E-state index contributed by atoms with van der Waals surface area (Å²) in [6.07, 6.45) is 3.54. The standard InChI is InChI=1S/C20H19N5/c1-13(15-6-4-3-5-7-15)22-20-12-21-11-19(23-20)16-8-9-18-17(10-16)14(2)24-25-18/h3-13H,1-2H3,(H,22,23)(H,24,25)/t13-/m1/s1. The van der Waals surface area contributed by atoms with Crippen molar-refractivity contribution in [1.29, 1.82) is 0 Å². The van der Waals surface area contributed by atoms with Crippen molar-refractivity contribution in [2.75, 3.05) is 5.32 Å². The van der Waals surface area contributed by atoms with Crippen LogP contribution >= 0.6 is 0 Å². The number of hydrogen-bond donors (Lipinski definition) is 2. The van der Waals surface area contributed by atoms with Crippen molar-refractivity contribution in [3.05, 3.63) is 72.2 Å². The third-order valence-electron chi connectivity index (χ3n) is 4.34. The lowest BCUT2D eigenvalue weighted by Crippen LogP contribution is -2.08. The molecule has 4 rings (SSSR count). The Morgan fingerprint density at radius 1 is 1.04 bits per heavy atom. The summed E-state index contributed by atoms with van der Waals surface area (Å²) in [4.78, 5) is 9.07. The molecule has 2 N–H and O–H groups in total. The highest BCUT2D eigenvalue weighted by Crippen LogP contribution is 2.25. The molecule has 0 saturated heterocycles. The molecule has 0 radical (unpaired) electrons. The van der Waals surface area contributed by atoms with Crippen LogP contribution in [0.1, 0.15) is 24.2 Å². The molecule has 5 heteroatoms. The minimum atomic E-state index is 0.157. The van der Waals surface area contributed by atoms with Gasteiger partial charge in [-0.3, -0.25) is 10.1 Å². The molecule has 2 aromatic carbocycles. The average Bonchev–Trinajstić information content (AvgIpc) is 3.03. The Labute approximate surface area is 146 Å². The number of aryl methyl sites for hydroxylation is 1. The predicted molar refractivity (Wildman–Crippen MR) is 100 cm³/mol. The van der Waals surface area contributed by atoms with Gasteiger partial charge in [0.1, 0.15) is 5.82 Å². The third-order valence-corrected chi connectivity index (χ3v) is 4.34. The Morgan fingerprint density at radius 2 is 1.88 bits per heavy atom. The maximum atomic E-state index is 4.73. The number of rotatable bonds is 4. The molecule has 0 bridgehead atoms. The van der Waals surface area contributed by atoms with Gasteiger partial charge in [-0.15, -0.1) is 0 Å². The van der Waals surface area contributed by atoms with E-state index in [1.807, 2.05) is 37.3 Å². The lowest BCUT2D eigenvalue weighted by atomic mass is 10.1. The lowest BCUT2D eigenvalue weighted by molar-refractivity contribution is 0.872. The smallest absolute Gasteiger partial charge is 0.145 e. The van der Waals surface area contributed by atoms with Crippen LogP contribution in [-0.2, 0) is 0 Å². The van der Waals surface area contributed by atoms with Crippen molar-refractivity contribution in [3.8, 4) is 11.3 Å². The molecule has 1 atom stereocenters. The van der Waals surface area contributed by atoms with Gasteiger partial charge in [0.05, 0.1) is 23.6 Å². The van der Waals surface area contributed by atoms with E-state index in [-0.39, 0.29) is 6.04 Å². The van der Waals surface area contributed by atoms with E-state index < -0.39 is 0 Å². The molecule has 0 fully saturated rings. The second-order valence-electron chi connectivity index (χ2n) is 6.15. The molecule has 5 nitrogen and oxygen atoms in total. The first-order valence-corrected chi connectivity index (χ1v) is 8.29. The van der Waals surface area contributed by atoms with Crippen molar-refractivity contribution in [1.82, 2.24) is 20.2 Å². The Morgan fingerprint density at radius 3 is 2.72 bits per heavy atom. The highest BCUT2D eigenvalue weighted by Gasteiger charge is 2.09. The van der Waals surface area contributed by atoms with Gasteiger partial charge < -0.3 is 5.32 Å². The zero-order valence-electron chi connectivity index (χ0n) is 14.2. The molecule has 0 aliphatic rings. The second-order valence-corrected chi connectivity index (χ2v) is 6.15. The summed E-state index contributed by atoms with van der Waals surface area (Å²) in [5.41, 5.74) is 5.09. The topological polar surface area (TPSA) is 66.5 Å². The number of fused-ring (bicyclic) bond motifs is 1. The van der Waals surface area contributed by atoms with Crippen molar-refractivity contribution in [3.63, 3.8) is 0 Å². The van der Waals surface area contributed by atoms with Crippen LogP contribution in [0.4, 0.5) is 5.82 Å². The van der Waals surface area contributed by atoms with Crippen molar-refractivity contribution >= 4 is 16.7 Å². The molecular formula is C20H19N5. The summed E-state index contributed by atoms with van der Waals surface area (Å²) < 4.78 is 0. The Hall–Kier alpha value is -3.21. The number of nitrogens with one attached hydrogen (secondary N) is 2. The van der Waals surface area contributed by atoms with Crippen LogP contribution in [0.2, 0.25) is 0 Å². The summed E-state index contributed by atoms with van der Waals surface area (Å²) in [6, 6.07) is 16.6. The summed E-state index contributed by atoms with van der Waals surface area (Å²) in [5, 5.41) is 11.8. The number of nitrogens with zero attached hydrogens (tertiary/aromatic N) is 3. The van der Waals surface area contributed by atoms with Crippen molar-refractivity contribution < 1.29 is 0 Å². The van der Waals surface area contributed by atoms with Crippen molar-refractivity contribution in [2.45, 2.75) is 19.9 Å². The lowest BCUT2D eigenvalue weighted by Gasteiger charge is -2.15. The molecule has 0 saturated carbocycles. The third kappa shape index (κ3) is 3.08. The number of anilines is 1. The second kappa shape index (κ2) is 6.36. The van der Waals surface area contributed by atoms with Crippen LogP contribution in [-0.4, -0.2) is 20.2 Å². The fourth-order valence-corrected chi connectivity index (χ4v) is 2.92. The van der Waals surface area contributed by atoms with Crippen LogP contribution < -0.4 is 5.32 Å². The van der Waals surface area contributed by atoms with E-state index >= 15 is 0 Å². The molecule has 0 aliphatic carbocycles. The highest BCUT2D eigenvalue weighted by molar-refractivity contribution is 5.85. The average molecular weight is 329 g/mol. The van der Waals surface area contributed by atoms with Gasteiger partial charge in [-0.1, -0.05) is 36.4 Å². The maximum absolute atomic E-state index is 4.73. The molecule has 2 heterocycles. The van der Waals surface area contributed by atoms with E-state index in [4.69, 9.17) is 4.98 Å². The zero-order chi connectivity index (χ0) is 17.2. The monoisotopic (exact) mass is 329 g/mol. The van der Waals surface area contributed by atoms with Gasteiger partial charge in [0.25, 0.3) is 0 Å². The SMILES string of the molecule is Cc1[nH]nc2ccc(-c3cncc(N[C@H](C)c4ccccc4)n3)cc12. The molecule has 0 amide bonds. The van der Waals surface area contributed by atoms with Crippen LogP contribution in [0.25, 0.3) is 22.2 Å². The van der Waals surface area contributed by atoms with Gasteiger partial charge in [0.2, 0.25) is 0 Å². The van der Waals surface area contributed by atoms with E-state index in [9.17, 15) is 0 Å². The van der Waals surface area contributed by atoms with Crippen molar-refractivity contribution in [2.24, 2.45) is 0 Å². The quantitative estimate of drug-likeness (QED) is 0.578. The minimum Gasteiger partial charge on any atom is -0.362 e. The van der Waals surface area contributed by atoms with E-state index in [2.05, 4.69) is 45.6 Å². The van der Waals surface area contributed by atoms with Gasteiger partial charge in [0.15, 0.2) is 0 Å². The minimum absolute atomic E-state index is 0.157. The normalized spacial score (nSPS) is 12.2. The maximum Gasteiger partial charge on any atom is 0.145 e. The zero-order valence-corrected chi connectivity index (χ0v) is 14.2. The summed E-state index contributed by atoms with van der Waals surface area (Å²) in [7, 11) is 0. The van der Waals surface area contributed by atoms with Crippen LogP contribution in [0, 0.1) is 6.92 Å². The number of benzene rings is 2. The summed E-state index contributed by atoms with van der Waals surface area (Å²) in [6.45, 7) is 4.13. The van der Waals surface area contributed by atoms with Gasteiger partial charge >= 0.3 is 0 Å². The summed E-state index contributed by atoms with van der Waals surface area (Å²) >= 11 is 0. The van der Waals surface area contributed by atoms with Crippen LogP contribution in [0.3, 0.4) is 0 Å². The molecule has 0 unspecified atom stereocenters. The Balaban J connectivity index is 1.63. The molecule has 4 aromatic rings. The van der Waals surface area contributed by atoms with E-state index in [0.29, 0.717) is 0 Å². The number of hydrogen-bond acceptors (Lipinski definition) is 4. The first kappa shape index (κ1) is 15.3. The first-order valence-electron chi connectivity index (χ1n) is 8.29. The summed E-state index contributed by atoms with van der Waals surface area (Å²) in [5.74, 6) is 0.762. The highest BCUT2D eigenvalue weighted by atomic mass is 15.1. The van der Waals surface area contributed by atoms with E-state index in [1.165, 1.54) is 5.56 Å². The Bertz CT molecular complexity index is 1010. The number of aromatic nitrogens is 4. The number of H-pyrrole nitrogens is 1. The van der Waals surface area contributed by atoms with Gasteiger partial charge in [-0.2, -0.15) is 5.10 Å². The number of aromatic amines is 1. The fourth-order valence-electron chi connectivity index (χ4n) is 2.92. The molecule has 0 spiro atoms. The van der Waals surface area contributed by atoms with Crippen LogP contribution in [0.15, 0.2) is 60.9 Å². The molecule has 124 valence electrons. The van der Waals surface area contributed by atoms with E-state index in [1.54, 1.807) is 12.4 Å². The van der Waals surface area contributed by atoms with Gasteiger partial charge in [-0.25, -0.2) is 4.98 Å². The van der Waals surface area contributed by atoms with Crippen LogP contribution in [0.5, 0.6) is 0 Å². The predicted octanol–water partition coefficient (Wildman–Crippen LogP) is 4.50. The Kier molecular flexibility index (Phi) is 3.90. The first-order chi connectivity index (χ1) is 12.2. The van der Waals surface area contributed by atoms with Gasteiger partial charge in [-0.05, 0) is 31.5 Å². The fraction of sp³-hybridized carbons (Fsp3) is 0.150. The molecule has 0 aliphatic heterocycles. The largest absolute Gasteiger partial charge is 0.362 e. The van der Waals surface area contributed by atoms with Gasteiger partial charge in [0, 0.05) is 22.7 Å². The molecule has 2 aromatic heterocycles. The van der Waals surface area contributed by atoms with E-state index in [0.717, 1.165) is 33.7 Å². The molecule has 25 heavy (non-hydrogen) atoms. The molecular weight excluding hydrogens is 310 g/mol.